The van der Waals surface area contributed by atoms with Gasteiger partial charge in [0, 0.05) is 24.1 Å². The smallest absolute Gasteiger partial charge is 0.137 e. The van der Waals surface area contributed by atoms with Crippen LogP contribution in [-0.2, 0) is 6.54 Å². The summed E-state index contributed by atoms with van der Waals surface area (Å²) >= 11 is 9.09. The second-order valence-electron chi connectivity index (χ2n) is 6.16. The normalized spacial score (nSPS) is 18.5. The fourth-order valence-electron chi connectivity index (χ4n) is 1.92. The molecule has 0 amide bonds. The summed E-state index contributed by atoms with van der Waals surface area (Å²) in [6, 6.07) is 10.5. The topological polar surface area (TPSA) is 3.24 Å². The molecule has 112 valence electrons. The van der Waals surface area contributed by atoms with Crippen LogP contribution in [0.25, 0.3) is 0 Å². The number of thioether (sulfide) groups is 2. The monoisotopic (exact) mass is 351 g/mol. The lowest BCUT2D eigenvalue weighted by atomic mass is 10.2. The van der Waals surface area contributed by atoms with E-state index >= 15 is 0 Å². The van der Waals surface area contributed by atoms with Crippen LogP contribution in [0.1, 0.15) is 5.56 Å². The maximum atomic E-state index is 5.51. The van der Waals surface area contributed by atoms with Gasteiger partial charge in [-0.3, -0.25) is 0 Å². The molecule has 1 fully saturated rings. The highest BCUT2D eigenvalue weighted by Crippen LogP contribution is 2.29. The number of benzene rings is 1. The van der Waals surface area contributed by atoms with Crippen molar-refractivity contribution in [2.45, 2.75) is 31.4 Å². The second-order valence-corrected chi connectivity index (χ2v) is 13.7. The van der Waals surface area contributed by atoms with E-state index in [0.29, 0.717) is 5.25 Å². The summed E-state index contributed by atoms with van der Waals surface area (Å²) in [5, 5.41) is 3.86. The Kier molecular flexibility index (Phi) is 6.24. The molecule has 5 heteroatoms. The molecule has 0 aromatic heterocycles. The molecule has 1 saturated heterocycles. The first-order valence-corrected chi connectivity index (χ1v) is 12.8. The van der Waals surface area contributed by atoms with Gasteiger partial charge in [0.25, 0.3) is 0 Å². The fraction of sp³-hybridized carbons (Fsp3) is 0.438. The lowest BCUT2D eigenvalue weighted by molar-refractivity contribution is 0.444. The van der Waals surface area contributed by atoms with Gasteiger partial charge in [0.15, 0.2) is 0 Å². The Balaban J connectivity index is 1.81. The zero-order chi connectivity index (χ0) is 15.3. The minimum Gasteiger partial charge on any atom is -0.352 e. The number of thiocarbonyl (C=S) groups is 1. The van der Waals surface area contributed by atoms with E-state index in [1.165, 1.54) is 5.56 Å². The minimum atomic E-state index is -1.24. The van der Waals surface area contributed by atoms with Crippen LogP contribution in [0.15, 0.2) is 30.3 Å². The Morgan fingerprint density at radius 2 is 2.05 bits per heavy atom. The summed E-state index contributed by atoms with van der Waals surface area (Å²) in [6.45, 7) is 8.80. The van der Waals surface area contributed by atoms with Crippen molar-refractivity contribution >= 4 is 48.1 Å². The number of rotatable bonds is 4. The molecular formula is C16H21NS3Si. The molecule has 1 aliphatic heterocycles. The van der Waals surface area contributed by atoms with Crippen molar-refractivity contribution in [3.8, 4) is 10.8 Å². The lowest BCUT2D eigenvalue weighted by Crippen LogP contribution is -2.24. The third-order valence-corrected chi connectivity index (χ3v) is 6.67. The highest BCUT2D eigenvalue weighted by atomic mass is 32.2. The molecule has 2 rings (SSSR count). The third-order valence-electron chi connectivity index (χ3n) is 2.93. The molecular weight excluding hydrogens is 330 g/mol. The van der Waals surface area contributed by atoms with Gasteiger partial charge in [-0.25, -0.2) is 0 Å². The van der Waals surface area contributed by atoms with Gasteiger partial charge in [-0.05, 0) is 10.8 Å². The Bertz CT molecular complexity index is 542. The van der Waals surface area contributed by atoms with Crippen molar-refractivity contribution < 1.29 is 0 Å². The predicted octanol–water partition coefficient (Wildman–Crippen LogP) is 4.46. The van der Waals surface area contributed by atoms with Gasteiger partial charge in [-0.2, -0.15) is 0 Å². The van der Waals surface area contributed by atoms with E-state index in [9.17, 15) is 0 Å². The summed E-state index contributed by atoms with van der Waals surface area (Å²) < 4.78 is 1.03. The largest absolute Gasteiger partial charge is 0.352 e. The fourth-order valence-corrected chi connectivity index (χ4v) is 5.66. The standard InChI is InChI=1S/C16H21NS3Si/c1-21(2,3)10-9-19-13-15-12-17(16(18)20-15)11-14-7-5-4-6-8-14/h4-8,15H,11-13H2,1-3H3. The van der Waals surface area contributed by atoms with Crippen LogP contribution < -0.4 is 0 Å². The Hall–Kier alpha value is -0.413. The van der Waals surface area contributed by atoms with E-state index in [4.69, 9.17) is 12.2 Å². The van der Waals surface area contributed by atoms with Crippen LogP contribution in [0.3, 0.4) is 0 Å². The maximum Gasteiger partial charge on any atom is 0.137 e. The SMILES string of the molecule is C[Si](C)(C)C#CSCC1CN(Cc2ccccc2)C(=S)S1. The third kappa shape index (κ3) is 6.07. The van der Waals surface area contributed by atoms with Gasteiger partial charge in [0.1, 0.15) is 12.4 Å². The highest BCUT2D eigenvalue weighted by Gasteiger charge is 2.27. The van der Waals surface area contributed by atoms with Gasteiger partial charge in [-0.15, -0.1) is 5.54 Å². The summed E-state index contributed by atoms with van der Waals surface area (Å²) in [5.41, 5.74) is 4.73. The number of hydrogen-bond donors (Lipinski definition) is 0. The van der Waals surface area contributed by atoms with Gasteiger partial charge >= 0.3 is 0 Å². The van der Waals surface area contributed by atoms with Gasteiger partial charge in [0.2, 0.25) is 0 Å². The van der Waals surface area contributed by atoms with E-state index in [1.54, 1.807) is 11.8 Å². The molecule has 1 heterocycles. The molecule has 21 heavy (non-hydrogen) atoms. The van der Waals surface area contributed by atoms with Crippen LogP contribution >= 0.6 is 35.7 Å². The summed E-state index contributed by atoms with van der Waals surface area (Å²) in [5.74, 6) is 1.06. The Labute approximate surface area is 143 Å². The molecule has 0 saturated carbocycles. The molecule has 1 nitrogen and oxygen atoms in total. The molecule has 1 aliphatic rings. The molecule has 0 aliphatic carbocycles. The van der Waals surface area contributed by atoms with Crippen LogP contribution in [0.5, 0.6) is 0 Å². The average Bonchev–Trinajstić information content (AvgIpc) is 2.76. The summed E-state index contributed by atoms with van der Waals surface area (Å²) in [4.78, 5) is 2.31. The molecule has 0 radical (unpaired) electrons. The molecule has 0 N–H and O–H groups in total. The minimum absolute atomic E-state index is 0.571. The molecule has 1 aromatic rings. The first-order chi connectivity index (χ1) is 9.94. The molecule has 1 aromatic carbocycles. The summed E-state index contributed by atoms with van der Waals surface area (Å²) in [6.07, 6.45) is 0. The quantitative estimate of drug-likeness (QED) is 0.447. The van der Waals surface area contributed by atoms with E-state index in [2.05, 4.69) is 65.7 Å². The van der Waals surface area contributed by atoms with Crippen molar-refractivity contribution in [2.24, 2.45) is 0 Å². The molecule has 0 bridgehead atoms. The first kappa shape index (κ1) is 16.9. The number of nitrogens with zero attached hydrogens (tertiary/aromatic N) is 1. The average molecular weight is 352 g/mol. The van der Waals surface area contributed by atoms with Crippen molar-refractivity contribution in [1.29, 1.82) is 0 Å². The zero-order valence-corrected chi connectivity index (χ0v) is 16.2. The van der Waals surface area contributed by atoms with E-state index in [-0.39, 0.29) is 0 Å². The van der Waals surface area contributed by atoms with E-state index < -0.39 is 8.07 Å². The van der Waals surface area contributed by atoms with Crippen LogP contribution in [0, 0.1) is 10.8 Å². The lowest BCUT2D eigenvalue weighted by Gasteiger charge is -2.17. The predicted molar refractivity (Wildman–Crippen MR) is 104 cm³/mol. The van der Waals surface area contributed by atoms with Crippen molar-refractivity contribution in [2.75, 3.05) is 12.3 Å². The molecule has 1 atom stereocenters. The molecule has 1 unspecified atom stereocenters. The highest BCUT2D eigenvalue weighted by molar-refractivity contribution is 8.24. The zero-order valence-electron chi connectivity index (χ0n) is 12.8. The second kappa shape index (κ2) is 7.73. The van der Waals surface area contributed by atoms with Crippen molar-refractivity contribution in [3.05, 3.63) is 35.9 Å². The molecule has 0 spiro atoms. The van der Waals surface area contributed by atoms with Crippen LogP contribution in [0.4, 0.5) is 0 Å². The van der Waals surface area contributed by atoms with Crippen LogP contribution in [0.2, 0.25) is 19.6 Å². The Morgan fingerprint density at radius 3 is 2.71 bits per heavy atom. The first-order valence-electron chi connectivity index (χ1n) is 7.07. The van der Waals surface area contributed by atoms with Gasteiger partial charge in [-0.1, -0.05) is 85.7 Å². The van der Waals surface area contributed by atoms with E-state index in [1.807, 2.05) is 11.8 Å². The van der Waals surface area contributed by atoms with Gasteiger partial charge in [0.05, 0.1) is 0 Å². The maximum absolute atomic E-state index is 5.51. The number of hydrogen-bond acceptors (Lipinski definition) is 3. The van der Waals surface area contributed by atoms with Crippen molar-refractivity contribution in [1.82, 2.24) is 4.90 Å². The Morgan fingerprint density at radius 1 is 1.33 bits per heavy atom. The summed E-state index contributed by atoms with van der Waals surface area (Å²) in [7, 11) is -1.24. The van der Waals surface area contributed by atoms with Crippen LogP contribution in [-0.4, -0.2) is 34.8 Å². The van der Waals surface area contributed by atoms with Gasteiger partial charge < -0.3 is 4.90 Å². The van der Waals surface area contributed by atoms with E-state index in [0.717, 1.165) is 23.2 Å². The van der Waals surface area contributed by atoms with Crippen molar-refractivity contribution in [3.63, 3.8) is 0 Å².